The molecule has 1 aromatic carbocycles. The fourth-order valence-corrected chi connectivity index (χ4v) is 3.62. The van der Waals surface area contributed by atoms with Crippen molar-refractivity contribution in [3.05, 3.63) is 39.9 Å². The predicted molar refractivity (Wildman–Crippen MR) is 99.1 cm³/mol. The zero-order valence-electron chi connectivity index (χ0n) is 13.7. The molecule has 0 amide bonds. The molecule has 0 aliphatic carbocycles. The number of likely N-dealkylation sites (tertiary alicyclic amines) is 1. The third-order valence-electron chi connectivity index (χ3n) is 4.23. The number of benzene rings is 1. The second-order valence-electron chi connectivity index (χ2n) is 5.70. The second-order valence-corrected chi connectivity index (χ2v) is 7.01. The molecular formula is C17H24ClN3S. The van der Waals surface area contributed by atoms with E-state index in [1.807, 2.05) is 19.2 Å². The molecule has 1 aromatic rings. The number of nitrogens with zero attached hydrogens (tertiary/aromatic N) is 1. The van der Waals surface area contributed by atoms with E-state index in [1.165, 1.54) is 5.56 Å². The molecule has 0 saturated carbocycles. The Bertz CT molecular complexity index is 598. The quantitative estimate of drug-likeness (QED) is 0.875. The minimum atomic E-state index is 0.150. The van der Waals surface area contributed by atoms with Crippen molar-refractivity contribution < 1.29 is 0 Å². The Labute approximate surface area is 142 Å². The van der Waals surface area contributed by atoms with Crippen LogP contribution in [0, 0.1) is 5.41 Å². The van der Waals surface area contributed by atoms with E-state index in [4.69, 9.17) is 17.0 Å². The Hall–Kier alpha value is -0.970. The SMILES string of the molecule is CN/C(=C1/CCN(C)C(C)C1=N)c1cc(Cl)cc(CSC)c1. The van der Waals surface area contributed by atoms with Crippen molar-refractivity contribution in [1.29, 1.82) is 5.41 Å². The molecule has 1 aliphatic rings. The van der Waals surface area contributed by atoms with Gasteiger partial charge in [0.25, 0.3) is 0 Å². The number of hydrogen-bond donors (Lipinski definition) is 2. The van der Waals surface area contributed by atoms with Gasteiger partial charge in [-0.15, -0.1) is 0 Å². The summed E-state index contributed by atoms with van der Waals surface area (Å²) in [4.78, 5) is 2.22. The number of thioether (sulfide) groups is 1. The van der Waals surface area contributed by atoms with Crippen LogP contribution < -0.4 is 5.32 Å². The minimum Gasteiger partial charge on any atom is -0.387 e. The largest absolute Gasteiger partial charge is 0.387 e. The van der Waals surface area contributed by atoms with Gasteiger partial charge in [0.15, 0.2) is 0 Å². The zero-order chi connectivity index (χ0) is 16.3. The monoisotopic (exact) mass is 337 g/mol. The van der Waals surface area contributed by atoms with E-state index in [1.54, 1.807) is 11.8 Å². The fourth-order valence-electron chi connectivity index (χ4n) is 2.86. The van der Waals surface area contributed by atoms with Crippen molar-refractivity contribution in [1.82, 2.24) is 10.2 Å². The summed E-state index contributed by atoms with van der Waals surface area (Å²) in [7, 11) is 4.00. The summed E-state index contributed by atoms with van der Waals surface area (Å²) < 4.78 is 0. The minimum absolute atomic E-state index is 0.150. The summed E-state index contributed by atoms with van der Waals surface area (Å²) in [5, 5.41) is 12.5. The first kappa shape index (κ1) is 17.4. The van der Waals surface area contributed by atoms with Crippen LogP contribution in [0.4, 0.5) is 0 Å². The van der Waals surface area contributed by atoms with Crippen molar-refractivity contribution in [2.75, 3.05) is 26.9 Å². The molecule has 2 N–H and O–H groups in total. The lowest BCUT2D eigenvalue weighted by molar-refractivity contribution is 0.302. The van der Waals surface area contributed by atoms with E-state index in [0.717, 1.165) is 40.6 Å². The molecule has 2 rings (SSSR count). The van der Waals surface area contributed by atoms with E-state index >= 15 is 0 Å². The van der Waals surface area contributed by atoms with Gasteiger partial charge in [0, 0.05) is 36.1 Å². The molecule has 1 heterocycles. The summed E-state index contributed by atoms with van der Waals surface area (Å²) in [6.45, 7) is 3.06. The third-order valence-corrected chi connectivity index (χ3v) is 5.07. The molecule has 0 radical (unpaired) electrons. The van der Waals surface area contributed by atoms with Crippen LogP contribution in [0.1, 0.15) is 24.5 Å². The van der Waals surface area contributed by atoms with Gasteiger partial charge >= 0.3 is 0 Å². The molecule has 22 heavy (non-hydrogen) atoms. The second kappa shape index (κ2) is 7.53. The summed E-state index contributed by atoms with van der Waals surface area (Å²) >= 11 is 8.08. The number of nitrogens with one attached hydrogen (secondary N) is 2. The topological polar surface area (TPSA) is 39.1 Å². The molecular weight excluding hydrogens is 314 g/mol. The molecule has 1 unspecified atom stereocenters. The number of piperidine rings is 1. The molecule has 1 fully saturated rings. The van der Waals surface area contributed by atoms with Gasteiger partial charge in [0.2, 0.25) is 0 Å². The van der Waals surface area contributed by atoms with E-state index < -0.39 is 0 Å². The summed E-state index contributed by atoms with van der Waals surface area (Å²) in [5.74, 6) is 0.941. The van der Waals surface area contributed by atoms with Crippen LogP contribution in [0.2, 0.25) is 5.02 Å². The van der Waals surface area contributed by atoms with Gasteiger partial charge in [-0.2, -0.15) is 11.8 Å². The highest BCUT2D eigenvalue weighted by Gasteiger charge is 2.26. The van der Waals surface area contributed by atoms with Crippen LogP contribution in [0.25, 0.3) is 5.70 Å². The van der Waals surface area contributed by atoms with Gasteiger partial charge in [0.1, 0.15) is 0 Å². The first-order chi connectivity index (χ1) is 10.5. The lowest BCUT2D eigenvalue weighted by atomic mass is 9.91. The highest BCUT2D eigenvalue weighted by atomic mass is 35.5. The molecule has 0 aromatic heterocycles. The standard InChI is InChI=1S/C17H24ClN3S/c1-11-16(19)15(5-6-21(11)3)17(20-2)13-7-12(10-22-4)8-14(18)9-13/h7-9,11,19-20H,5-6,10H2,1-4H3/b17-15-,19-16?. The van der Waals surface area contributed by atoms with E-state index in [-0.39, 0.29) is 6.04 Å². The van der Waals surface area contributed by atoms with Crippen LogP contribution in [-0.4, -0.2) is 43.5 Å². The van der Waals surface area contributed by atoms with Crippen LogP contribution >= 0.6 is 23.4 Å². The van der Waals surface area contributed by atoms with Crippen molar-refractivity contribution in [2.24, 2.45) is 0 Å². The molecule has 120 valence electrons. The lowest BCUT2D eigenvalue weighted by Crippen LogP contribution is -2.42. The molecule has 0 spiro atoms. The smallest absolute Gasteiger partial charge is 0.0536 e. The average Bonchev–Trinajstić information content (AvgIpc) is 2.48. The number of rotatable bonds is 4. The maximum atomic E-state index is 8.48. The molecule has 1 aliphatic heterocycles. The summed E-state index contributed by atoms with van der Waals surface area (Å²) in [5.41, 5.74) is 5.14. The van der Waals surface area contributed by atoms with Crippen LogP contribution in [0.5, 0.6) is 0 Å². The van der Waals surface area contributed by atoms with Crippen LogP contribution in [0.3, 0.4) is 0 Å². The highest BCUT2D eigenvalue weighted by molar-refractivity contribution is 7.97. The summed E-state index contributed by atoms with van der Waals surface area (Å²) in [6, 6.07) is 6.33. The normalized spacial score (nSPS) is 21.9. The van der Waals surface area contributed by atoms with Gasteiger partial charge in [-0.05, 0) is 61.5 Å². The van der Waals surface area contributed by atoms with Gasteiger partial charge in [-0.3, -0.25) is 4.90 Å². The van der Waals surface area contributed by atoms with Gasteiger partial charge in [-0.25, -0.2) is 0 Å². The Balaban J connectivity index is 2.47. The molecule has 5 heteroatoms. The number of halogens is 1. The fraction of sp³-hybridized carbons (Fsp3) is 0.471. The van der Waals surface area contributed by atoms with Crippen molar-refractivity contribution in [2.45, 2.75) is 25.1 Å². The molecule has 0 bridgehead atoms. The van der Waals surface area contributed by atoms with Gasteiger partial charge in [0.05, 0.1) is 5.71 Å². The van der Waals surface area contributed by atoms with Crippen LogP contribution in [-0.2, 0) is 5.75 Å². The maximum absolute atomic E-state index is 8.48. The Morgan fingerprint density at radius 3 is 2.82 bits per heavy atom. The lowest BCUT2D eigenvalue weighted by Gasteiger charge is -2.33. The Morgan fingerprint density at radius 1 is 1.45 bits per heavy atom. The third kappa shape index (κ3) is 3.67. The van der Waals surface area contributed by atoms with E-state index in [0.29, 0.717) is 5.71 Å². The predicted octanol–water partition coefficient (Wildman–Crippen LogP) is 3.88. The molecule has 1 saturated heterocycles. The molecule has 1 atom stereocenters. The average molecular weight is 338 g/mol. The van der Waals surface area contributed by atoms with Crippen molar-refractivity contribution >= 4 is 34.8 Å². The first-order valence-corrected chi connectivity index (χ1v) is 9.23. The Kier molecular flexibility index (Phi) is 5.95. The van der Waals surface area contributed by atoms with Gasteiger partial charge < -0.3 is 10.7 Å². The zero-order valence-corrected chi connectivity index (χ0v) is 15.2. The van der Waals surface area contributed by atoms with E-state index in [2.05, 4.69) is 36.5 Å². The molecule has 3 nitrogen and oxygen atoms in total. The van der Waals surface area contributed by atoms with Crippen molar-refractivity contribution in [3.8, 4) is 0 Å². The highest BCUT2D eigenvalue weighted by Crippen LogP contribution is 2.28. The first-order valence-electron chi connectivity index (χ1n) is 7.46. The van der Waals surface area contributed by atoms with Gasteiger partial charge in [-0.1, -0.05) is 11.6 Å². The summed E-state index contributed by atoms with van der Waals surface area (Å²) in [6.07, 6.45) is 2.98. The van der Waals surface area contributed by atoms with Crippen molar-refractivity contribution in [3.63, 3.8) is 0 Å². The van der Waals surface area contributed by atoms with Crippen LogP contribution in [0.15, 0.2) is 23.8 Å². The maximum Gasteiger partial charge on any atom is 0.0536 e. The number of hydrogen-bond acceptors (Lipinski definition) is 4. The Morgan fingerprint density at radius 2 is 2.18 bits per heavy atom. The van der Waals surface area contributed by atoms with E-state index in [9.17, 15) is 0 Å².